The Balaban J connectivity index is 1.97. The molecule has 0 aliphatic carbocycles. The second-order valence-corrected chi connectivity index (χ2v) is 4.26. The minimum Gasteiger partial charge on any atom is -0.292 e. The van der Waals surface area contributed by atoms with Gasteiger partial charge in [-0.2, -0.15) is 0 Å². The molecule has 1 aromatic carbocycles. The summed E-state index contributed by atoms with van der Waals surface area (Å²) in [6.45, 7) is 6.75. The number of hydrogen-bond donors (Lipinski definition) is 0. The monoisotopic (exact) mass is 190 g/mol. The van der Waals surface area contributed by atoms with E-state index in [4.69, 9.17) is 0 Å². The van der Waals surface area contributed by atoms with E-state index in [0.29, 0.717) is 0 Å². The molecule has 1 aliphatic heterocycles. The molecule has 0 amide bonds. The summed E-state index contributed by atoms with van der Waals surface area (Å²) >= 11 is 0. The van der Waals surface area contributed by atoms with Gasteiger partial charge < -0.3 is 0 Å². The van der Waals surface area contributed by atoms with Crippen LogP contribution in [0.1, 0.15) is 11.1 Å². The summed E-state index contributed by atoms with van der Waals surface area (Å²) in [6.07, 6.45) is 0. The van der Waals surface area contributed by atoms with Crippen molar-refractivity contribution in [2.45, 2.75) is 13.5 Å². The van der Waals surface area contributed by atoms with Gasteiger partial charge in [0.05, 0.1) is 6.67 Å². The van der Waals surface area contributed by atoms with Crippen molar-refractivity contribution >= 4 is 0 Å². The van der Waals surface area contributed by atoms with Gasteiger partial charge >= 0.3 is 0 Å². The highest BCUT2D eigenvalue weighted by molar-refractivity contribution is 5.22. The van der Waals surface area contributed by atoms with Crippen LogP contribution in [0, 0.1) is 6.92 Å². The molecule has 2 nitrogen and oxygen atoms in total. The average Bonchev–Trinajstić information content (AvgIpc) is 2.51. The standard InChI is InChI=1S/C12H18N2/c1-11-4-3-5-12(8-11)9-14-7-6-13(2)10-14/h3-5,8H,6-7,9-10H2,1-2H3. The van der Waals surface area contributed by atoms with Crippen LogP contribution in [0.15, 0.2) is 24.3 Å². The van der Waals surface area contributed by atoms with E-state index in [1.807, 2.05) is 0 Å². The van der Waals surface area contributed by atoms with Crippen LogP contribution in [0.25, 0.3) is 0 Å². The highest BCUT2D eigenvalue weighted by atomic mass is 15.4. The van der Waals surface area contributed by atoms with E-state index in [1.54, 1.807) is 0 Å². The molecule has 1 aliphatic rings. The Morgan fingerprint density at radius 2 is 2.14 bits per heavy atom. The first kappa shape index (κ1) is 9.69. The molecule has 2 heteroatoms. The van der Waals surface area contributed by atoms with E-state index >= 15 is 0 Å². The Kier molecular flexibility index (Phi) is 2.85. The van der Waals surface area contributed by atoms with Crippen LogP contribution in [-0.4, -0.2) is 36.6 Å². The first-order valence-corrected chi connectivity index (χ1v) is 5.20. The smallest absolute Gasteiger partial charge is 0.0507 e. The second-order valence-electron chi connectivity index (χ2n) is 4.26. The first-order valence-electron chi connectivity index (χ1n) is 5.20. The maximum atomic E-state index is 2.48. The van der Waals surface area contributed by atoms with Gasteiger partial charge in [0.1, 0.15) is 0 Å². The normalized spacial score (nSPS) is 19.0. The summed E-state index contributed by atoms with van der Waals surface area (Å²) in [6, 6.07) is 8.79. The van der Waals surface area contributed by atoms with Gasteiger partial charge in [-0.3, -0.25) is 9.80 Å². The third kappa shape index (κ3) is 2.34. The fraction of sp³-hybridized carbons (Fsp3) is 0.500. The summed E-state index contributed by atoms with van der Waals surface area (Å²) in [5.41, 5.74) is 2.79. The Labute approximate surface area is 86.1 Å². The molecule has 1 saturated heterocycles. The molecule has 1 heterocycles. The lowest BCUT2D eigenvalue weighted by molar-refractivity contribution is 0.268. The van der Waals surface area contributed by atoms with Gasteiger partial charge in [0, 0.05) is 19.6 Å². The Bertz CT molecular complexity index is 309. The lowest BCUT2D eigenvalue weighted by atomic mass is 10.1. The molecule has 0 N–H and O–H groups in total. The molecular formula is C12H18N2. The maximum absolute atomic E-state index is 2.48. The predicted molar refractivity (Wildman–Crippen MR) is 59.1 cm³/mol. The minimum atomic E-state index is 1.09. The zero-order valence-electron chi connectivity index (χ0n) is 9.03. The molecule has 76 valence electrons. The molecular weight excluding hydrogens is 172 g/mol. The van der Waals surface area contributed by atoms with Crippen LogP contribution in [-0.2, 0) is 6.54 Å². The van der Waals surface area contributed by atoms with E-state index in [1.165, 1.54) is 24.2 Å². The van der Waals surface area contributed by atoms with Gasteiger partial charge in [0.25, 0.3) is 0 Å². The Morgan fingerprint density at radius 1 is 1.29 bits per heavy atom. The molecule has 14 heavy (non-hydrogen) atoms. The van der Waals surface area contributed by atoms with Crippen molar-refractivity contribution in [2.75, 3.05) is 26.8 Å². The summed E-state index contributed by atoms with van der Waals surface area (Å²) in [5, 5.41) is 0. The first-order chi connectivity index (χ1) is 6.74. The molecule has 0 atom stereocenters. The number of aryl methyl sites for hydroxylation is 1. The number of hydrogen-bond acceptors (Lipinski definition) is 2. The Morgan fingerprint density at radius 3 is 2.79 bits per heavy atom. The molecule has 0 spiro atoms. The zero-order chi connectivity index (χ0) is 9.97. The van der Waals surface area contributed by atoms with Gasteiger partial charge in [-0.05, 0) is 19.5 Å². The van der Waals surface area contributed by atoms with Crippen LogP contribution in [0.3, 0.4) is 0 Å². The highest BCUT2D eigenvalue weighted by Crippen LogP contribution is 2.10. The average molecular weight is 190 g/mol. The Hall–Kier alpha value is -0.860. The van der Waals surface area contributed by atoms with Gasteiger partial charge in [-0.1, -0.05) is 29.8 Å². The van der Waals surface area contributed by atoms with Gasteiger partial charge in [0.2, 0.25) is 0 Å². The molecule has 0 unspecified atom stereocenters. The van der Waals surface area contributed by atoms with Crippen LogP contribution >= 0.6 is 0 Å². The summed E-state index contributed by atoms with van der Waals surface area (Å²) in [4.78, 5) is 4.84. The van der Waals surface area contributed by atoms with Crippen LogP contribution in [0.4, 0.5) is 0 Å². The molecule has 0 saturated carbocycles. The third-order valence-electron chi connectivity index (χ3n) is 2.73. The lowest BCUT2D eigenvalue weighted by Gasteiger charge is -2.15. The fourth-order valence-corrected chi connectivity index (χ4v) is 1.99. The van der Waals surface area contributed by atoms with Crippen molar-refractivity contribution in [1.82, 2.24) is 9.80 Å². The third-order valence-corrected chi connectivity index (χ3v) is 2.73. The summed E-state index contributed by atoms with van der Waals surface area (Å²) in [5.74, 6) is 0. The SMILES string of the molecule is Cc1cccc(CN2CCN(C)C2)c1. The number of likely N-dealkylation sites (N-methyl/N-ethyl adjacent to an activating group) is 1. The highest BCUT2D eigenvalue weighted by Gasteiger charge is 2.15. The van der Waals surface area contributed by atoms with Crippen molar-refractivity contribution in [3.05, 3.63) is 35.4 Å². The number of rotatable bonds is 2. The molecule has 1 aromatic rings. The maximum Gasteiger partial charge on any atom is 0.0507 e. The van der Waals surface area contributed by atoms with Gasteiger partial charge in [0.15, 0.2) is 0 Å². The van der Waals surface area contributed by atoms with E-state index in [-0.39, 0.29) is 0 Å². The van der Waals surface area contributed by atoms with Crippen LogP contribution in [0.5, 0.6) is 0 Å². The second kappa shape index (κ2) is 4.11. The summed E-state index contributed by atoms with van der Waals surface area (Å²) in [7, 11) is 2.18. The molecule has 1 fully saturated rings. The lowest BCUT2D eigenvalue weighted by Crippen LogP contribution is -2.22. The van der Waals surface area contributed by atoms with Crippen molar-refractivity contribution < 1.29 is 0 Å². The fourth-order valence-electron chi connectivity index (χ4n) is 1.99. The molecule has 0 bridgehead atoms. The zero-order valence-corrected chi connectivity index (χ0v) is 9.03. The predicted octanol–water partition coefficient (Wildman–Crippen LogP) is 1.70. The number of benzene rings is 1. The molecule has 0 radical (unpaired) electrons. The van der Waals surface area contributed by atoms with Gasteiger partial charge in [-0.25, -0.2) is 0 Å². The van der Waals surface area contributed by atoms with E-state index < -0.39 is 0 Å². The van der Waals surface area contributed by atoms with E-state index in [2.05, 4.69) is 48.0 Å². The van der Waals surface area contributed by atoms with Crippen LogP contribution < -0.4 is 0 Å². The largest absolute Gasteiger partial charge is 0.292 e. The van der Waals surface area contributed by atoms with E-state index in [0.717, 1.165) is 13.2 Å². The molecule has 0 aromatic heterocycles. The van der Waals surface area contributed by atoms with Crippen molar-refractivity contribution in [3.8, 4) is 0 Å². The van der Waals surface area contributed by atoms with Crippen LogP contribution in [0.2, 0.25) is 0 Å². The van der Waals surface area contributed by atoms with Crippen molar-refractivity contribution in [1.29, 1.82) is 0 Å². The quantitative estimate of drug-likeness (QED) is 0.700. The van der Waals surface area contributed by atoms with E-state index in [9.17, 15) is 0 Å². The summed E-state index contributed by atoms with van der Waals surface area (Å²) < 4.78 is 0. The molecule has 2 rings (SSSR count). The minimum absolute atomic E-state index is 1.09. The van der Waals surface area contributed by atoms with Gasteiger partial charge in [-0.15, -0.1) is 0 Å². The van der Waals surface area contributed by atoms with Crippen molar-refractivity contribution in [2.24, 2.45) is 0 Å². The number of nitrogens with zero attached hydrogens (tertiary/aromatic N) is 2. The van der Waals surface area contributed by atoms with Crippen molar-refractivity contribution in [3.63, 3.8) is 0 Å². The topological polar surface area (TPSA) is 6.48 Å².